The van der Waals surface area contributed by atoms with Crippen LogP contribution in [0.4, 0.5) is 5.69 Å². The van der Waals surface area contributed by atoms with Crippen molar-refractivity contribution in [3.63, 3.8) is 0 Å². The number of rotatable bonds is 5. The molecule has 0 unspecified atom stereocenters. The zero-order chi connectivity index (χ0) is 18.5. The molecule has 0 atom stereocenters. The summed E-state index contributed by atoms with van der Waals surface area (Å²) < 4.78 is 5.67. The van der Waals surface area contributed by atoms with E-state index >= 15 is 0 Å². The van der Waals surface area contributed by atoms with Gasteiger partial charge in [-0.25, -0.2) is 0 Å². The number of benzene rings is 1. The van der Waals surface area contributed by atoms with Gasteiger partial charge in [-0.3, -0.25) is 9.89 Å². The molecule has 3 N–H and O–H groups in total. The molecule has 0 amide bonds. The molecule has 1 aliphatic carbocycles. The zero-order valence-corrected chi connectivity index (χ0v) is 16.3. The lowest BCUT2D eigenvalue weighted by molar-refractivity contribution is -0.0260. The van der Waals surface area contributed by atoms with Crippen molar-refractivity contribution in [2.45, 2.75) is 43.7 Å². The standard InChI is InChI=1S/C21H33N5O/c22-20(24-18-5-4-6-18)23-17-21(9-15-27-16-10-21)26-13-11-25(12-14-26)19-7-2-1-3-8-19/h1-3,7-8,18H,4-6,9-17H2,(H3,22,23,24). The number of aliphatic imine (C=N–C) groups is 1. The van der Waals surface area contributed by atoms with E-state index in [1.807, 2.05) is 0 Å². The second-order valence-corrected chi connectivity index (χ2v) is 8.12. The van der Waals surface area contributed by atoms with Gasteiger partial charge in [0.25, 0.3) is 0 Å². The van der Waals surface area contributed by atoms with Crippen molar-refractivity contribution >= 4 is 11.6 Å². The van der Waals surface area contributed by atoms with Crippen molar-refractivity contribution < 1.29 is 4.74 Å². The van der Waals surface area contributed by atoms with Crippen LogP contribution in [0.15, 0.2) is 35.3 Å². The summed E-state index contributed by atoms with van der Waals surface area (Å²) in [6.07, 6.45) is 5.82. The van der Waals surface area contributed by atoms with Crippen LogP contribution in [0, 0.1) is 0 Å². The smallest absolute Gasteiger partial charge is 0.188 e. The van der Waals surface area contributed by atoms with E-state index in [1.54, 1.807) is 0 Å². The maximum Gasteiger partial charge on any atom is 0.188 e. The summed E-state index contributed by atoms with van der Waals surface area (Å²) in [5.41, 5.74) is 7.58. The minimum atomic E-state index is 0.0902. The molecule has 6 heteroatoms. The number of nitrogens with zero attached hydrogens (tertiary/aromatic N) is 3. The Kier molecular flexibility index (Phi) is 5.83. The van der Waals surface area contributed by atoms with E-state index in [0.717, 1.165) is 58.8 Å². The van der Waals surface area contributed by atoms with Gasteiger partial charge in [-0.2, -0.15) is 0 Å². The molecule has 3 fully saturated rings. The monoisotopic (exact) mass is 371 g/mol. The average Bonchev–Trinajstić information content (AvgIpc) is 2.71. The van der Waals surface area contributed by atoms with Gasteiger partial charge < -0.3 is 20.7 Å². The fourth-order valence-electron chi connectivity index (χ4n) is 4.44. The molecule has 4 rings (SSSR count). The fraction of sp³-hybridized carbons (Fsp3) is 0.667. The predicted molar refractivity (Wildman–Crippen MR) is 110 cm³/mol. The number of hydrogen-bond acceptors (Lipinski definition) is 4. The van der Waals surface area contributed by atoms with Crippen molar-refractivity contribution in [3.8, 4) is 0 Å². The molecule has 0 bridgehead atoms. The van der Waals surface area contributed by atoms with Crippen LogP contribution in [0.3, 0.4) is 0 Å². The molecule has 2 aliphatic heterocycles. The first-order chi connectivity index (χ1) is 13.3. The first-order valence-electron chi connectivity index (χ1n) is 10.4. The molecule has 2 saturated heterocycles. The number of nitrogens with one attached hydrogen (secondary N) is 1. The summed E-state index contributed by atoms with van der Waals surface area (Å²) in [5, 5.41) is 3.37. The Bertz CT molecular complexity index is 617. The third kappa shape index (κ3) is 4.38. The van der Waals surface area contributed by atoms with Crippen LogP contribution in [0.2, 0.25) is 0 Å². The highest BCUT2D eigenvalue weighted by atomic mass is 16.5. The molecule has 1 aromatic rings. The quantitative estimate of drug-likeness (QED) is 0.610. The molecule has 0 spiro atoms. The third-order valence-electron chi connectivity index (χ3n) is 6.50. The van der Waals surface area contributed by atoms with E-state index in [4.69, 9.17) is 15.5 Å². The van der Waals surface area contributed by atoms with E-state index in [9.17, 15) is 0 Å². The van der Waals surface area contributed by atoms with Crippen LogP contribution in [0.25, 0.3) is 0 Å². The first kappa shape index (κ1) is 18.6. The number of ether oxygens (including phenoxy) is 1. The van der Waals surface area contributed by atoms with Crippen molar-refractivity contribution in [1.82, 2.24) is 10.2 Å². The molecule has 0 aromatic heterocycles. The number of nitrogens with two attached hydrogens (primary N) is 1. The lowest BCUT2D eigenvalue weighted by atomic mass is 9.87. The Balaban J connectivity index is 1.39. The number of para-hydroxylation sites is 1. The van der Waals surface area contributed by atoms with Crippen molar-refractivity contribution in [2.75, 3.05) is 50.8 Å². The summed E-state index contributed by atoms with van der Waals surface area (Å²) in [6, 6.07) is 11.3. The lowest BCUT2D eigenvalue weighted by Gasteiger charge is -2.49. The predicted octanol–water partition coefficient (Wildman–Crippen LogP) is 1.81. The second-order valence-electron chi connectivity index (χ2n) is 8.12. The Morgan fingerprint density at radius 2 is 1.81 bits per heavy atom. The van der Waals surface area contributed by atoms with Gasteiger partial charge in [0.1, 0.15) is 0 Å². The molecule has 148 valence electrons. The Morgan fingerprint density at radius 3 is 2.44 bits per heavy atom. The maximum absolute atomic E-state index is 6.17. The zero-order valence-electron chi connectivity index (χ0n) is 16.3. The topological polar surface area (TPSA) is 66.1 Å². The minimum Gasteiger partial charge on any atom is -0.381 e. The number of piperazine rings is 1. The highest BCUT2D eigenvalue weighted by Crippen LogP contribution is 2.30. The fourth-order valence-corrected chi connectivity index (χ4v) is 4.44. The number of guanidine groups is 1. The van der Waals surface area contributed by atoms with Crippen LogP contribution < -0.4 is 16.0 Å². The van der Waals surface area contributed by atoms with Gasteiger partial charge in [0, 0.05) is 56.7 Å². The van der Waals surface area contributed by atoms with Crippen LogP contribution in [0.1, 0.15) is 32.1 Å². The molecule has 3 aliphatic rings. The average molecular weight is 372 g/mol. The second kappa shape index (κ2) is 8.48. The van der Waals surface area contributed by atoms with Crippen molar-refractivity contribution in [3.05, 3.63) is 30.3 Å². The van der Waals surface area contributed by atoms with Crippen molar-refractivity contribution in [1.29, 1.82) is 0 Å². The maximum atomic E-state index is 6.17. The van der Waals surface area contributed by atoms with Gasteiger partial charge in [0.15, 0.2) is 5.96 Å². The largest absolute Gasteiger partial charge is 0.381 e. The molecular weight excluding hydrogens is 338 g/mol. The van der Waals surface area contributed by atoms with Crippen LogP contribution in [0.5, 0.6) is 0 Å². The molecule has 2 heterocycles. The first-order valence-corrected chi connectivity index (χ1v) is 10.4. The highest BCUT2D eigenvalue weighted by Gasteiger charge is 2.39. The van der Waals surface area contributed by atoms with Crippen LogP contribution >= 0.6 is 0 Å². The van der Waals surface area contributed by atoms with E-state index in [0.29, 0.717) is 12.0 Å². The highest BCUT2D eigenvalue weighted by molar-refractivity contribution is 5.78. The number of hydrogen-bond donors (Lipinski definition) is 2. The summed E-state index contributed by atoms with van der Waals surface area (Å²) in [7, 11) is 0. The van der Waals surface area contributed by atoms with Gasteiger partial charge in [-0.05, 0) is 44.2 Å². The van der Waals surface area contributed by atoms with Crippen LogP contribution in [-0.4, -0.2) is 68.4 Å². The molecule has 27 heavy (non-hydrogen) atoms. The van der Waals surface area contributed by atoms with E-state index in [-0.39, 0.29) is 5.54 Å². The van der Waals surface area contributed by atoms with Crippen LogP contribution in [-0.2, 0) is 4.74 Å². The van der Waals surface area contributed by atoms with E-state index in [2.05, 4.69) is 45.4 Å². The summed E-state index contributed by atoms with van der Waals surface area (Å²) in [5.74, 6) is 0.619. The van der Waals surface area contributed by atoms with Gasteiger partial charge in [-0.15, -0.1) is 0 Å². The molecule has 6 nitrogen and oxygen atoms in total. The van der Waals surface area contributed by atoms with Crippen molar-refractivity contribution in [2.24, 2.45) is 10.7 Å². The SMILES string of the molecule is NC(=NCC1(N2CCN(c3ccccc3)CC2)CCOCC1)NC1CCC1. The third-order valence-corrected chi connectivity index (χ3v) is 6.50. The summed E-state index contributed by atoms with van der Waals surface area (Å²) in [6.45, 7) is 6.68. The minimum absolute atomic E-state index is 0.0902. The lowest BCUT2D eigenvalue weighted by Crippen LogP contribution is -2.61. The Morgan fingerprint density at radius 1 is 1.11 bits per heavy atom. The van der Waals surface area contributed by atoms with E-state index in [1.165, 1.54) is 24.9 Å². The summed E-state index contributed by atoms with van der Waals surface area (Å²) >= 11 is 0. The molecule has 0 radical (unpaired) electrons. The van der Waals surface area contributed by atoms with Gasteiger partial charge >= 0.3 is 0 Å². The van der Waals surface area contributed by atoms with Gasteiger partial charge in [0.2, 0.25) is 0 Å². The Labute approximate surface area is 162 Å². The normalized spacial score (nSPS) is 24.4. The number of anilines is 1. The molecular formula is C21H33N5O. The van der Waals surface area contributed by atoms with E-state index < -0.39 is 0 Å². The Hall–Kier alpha value is -1.79. The molecule has 1 aromatic carbocycles. The molecule has 1 saturated carbocycles. The summed E-state index contributed by atoms with van der Waals surface area (Å²) in [4.78, 5) is 9.90. The van der Waals surface area contributed by atoms with Gasteiger partial charge in [0.05, 0.1) is 6.54 Å². The van der Waals surface area contributed by atoms with Gasteiger partial charge in [-0.1, -0.05) is 18.2 Å².